The van der Waals surface area contributed by atoms with Crippen LogP contribution in [0.25, 0.3) is 0 Å². The maximum atomic E-state index is 13.2. The van der Waals surface area contributed by atoms with Crippen molar-refractivity contribution in [3.63, 3.8) is 0 Å². The Morgan fingerprint density at radius 2 is 1.80 bits per heavy atom. The predicted molar refractivity (Wildman–Crippen MR) is 76.7 cm³/mol. The van der Waals surface area contributed by atoms with Crippen LogP contribution in [-0.2, 0) is 6.61 Å². The molecule has 0 unspecified atom stereocenters. The van der Waals surface area contributed by atoms with Crippen LogP contribution in [0.15, 0.2) is 36.4 Å². The van der Waals surface area contributed by atoms with Crippen LogP contribution < -0.4 is 4.74 Å². The maximum Gasteiger partial charge on any atom is 0.163 e. The highest BCUT2D eigenvalue weighted by molar-refractivity contribution is 5.96. The first-order valence-electron chi connectivity index (χ1n) is 6.47. The molecular weight excluding hydrogens is 255 g/mol. The third-order valence-electron chi connectivity index (χ3n) is 3.34. The first-order valence-corrected chi connectivity index (χ1v) is 6.47. The summed E-state index contributed by atoms with van der Waals surface area (Å²) in [5, 5.41) is 0. The lowest BCUT2D eigenvalue weighted by atomic mass is 10.0. The number of hydrogen-bond donors (Lipinski definition) is 0. The first kappa shape index (κ1) is 14.3. The summed E-state index contributed by atoms with van der Waals surface area (Å²) in [5.74, 6) is -0.225. The highest BCUT2D eigenvalue weighted by atomic mass is 19.1. The first-order chi connectivity index (χ1) is 9.49. The van der Waals surface area contributed by atoms with Gasteiger partial charge in [0.15, 0.2) is 5.78 Å². The minimum absolute atomic E-state index is 0.207. The molecule has 2 nitrogen and oxygen atoms in total. The molecule has 0 spiro atoms. The maximum absolute atomic E-state index is 13.2. The van der Waals surface area contributed by atoms with Crippen LogP contribution in [0.4, 0.5) is 4.39 Å². The van der Waals surface area contributed by atoms with E-state index in [1.165, 1.54) is 25.1 Å². The van der Waals surface area contributed by atoms with Crippen molar-refractivity contribution in [2.45, 2.75) is 27.4 Å². The molecule has 0 amide bonds. The van der Waals surface area contributed by atoms with Gasteiger partial charge < -0.3 is 4.74 Å². The molecule has 2 aromatic carbocycles. The van der Waals surface area contributed by atoms with Crippen LogP contribution in [0.1, 0.15) is 34.0 Å². The van der Waals surface area contributed by atoms with Crippen LogP contribution in [0.3, 0.4) is 0 Å². The lowest BCUT2D eigenvalue weighted by Crippen LogP contribution is -2.04. The topological polar surface area (TPSA) is 26.3 Å². The fraction of sp³-hybridized carbons (Fsp3) is 0.235. The van der Waals surface area contributed by atoms with Crippen molar-refractivity contribution in [2.75, 3.05) is 0 Å². The molecule has 0 heterocycles. The Hall–Kier alpha value is -2.16. The van der Waals surface area contributed by atoms with Crippen molar-refractivity contribution in [3.05, 3.63) is 64.5 Å². The standard InChI is InChI=1S/C17H17FO2/c1-11-5-4-6-12(2)16(11)10-20-17-8-7-14(18)9-15(17)13(3)19/h4-9H,10H2,1-3H3. The van der Waals surface area contributed by atoms with Crippen LogP contribution >= 0.6 is 0 Å². The molecule has 20 heavy (non-hydrogen) atoms. The molecule has 2 rings (SSSR count). The molecule has 0 N–H and O–H groups in total. The third-order valence-corrected chi connectivity index (χ3v) is 3.34. The van der Waals surface area contributed by atoms with E-state index in [9.17, 15) is 9.18 Å². The number of ether oxygens (including phenoxy) is 1. The van der Waals surface area contributed by atoms with E-state index in [0.29, 0.717) is 12.4 Å². The van der Waals surface area contributed by atoms with E-state index in [4.69, 9.17) is 4.74 Å². The van der Waals surface area contributed by atoms with E-state index in [-0.39, 0.29) is 11.3 Å². The van der Waals surface area contributed by atoms with Gasteiger partial charge in [0.2, 0.25) is 0 Å². The summed E-state index contributed by atoms with van der Waals surface area (Å²) in [5.41, 5.74) is 3.63. The summed E-state index contributed by atoms with van der Waals surface area (Å²) in [4.78, 5) is 11.5. The largest absolute Gasteiger partial charge is 0.488 e. The van der Waals surface area contributed by atoms with Gasteiger partial charge in [0.05, 0.1) is 5.56 Å². The number of ketones is 1. The fourth-order valence-corrected chi connectivity index (χ4v) is 2.13. The normalized spacial score (nSPS) is 10.4. The van der Waals surface area contributed by atoms with Gasteiger partial charge in [-0.05, 0) is 55.7 Å². The summed E-state index contributed by atoms with van der Waals surface area (Å²) in [6.45, 7) is 5.80. The van der Waals surface area contributed by atoms with Crippen molar-refractivity contribution in [2.24, 2.45) is 0 Å². The van der Waals surface area contributed by atoms with Gasteiger partial charge in [0, 0.05) is 0 Å². The van der Waals surface area contributed by atoms with Crippen molar-refractivity contribution in [3.8, 4) is 5.75 Å². The van der Waals surface area contributed by atoms with Crippen molar-refractivity contribution >= 4 is 5.78 Å². The average molecular weight is 272 g/mol. The molecule has 0 aliphatic carbocycles. The molecule has 0 aliphatic rings. The second-order valence-corrected chi connectivity index (χ2v) is 4.86. The smallest absolute Gasteiger partial charge is 0.163 e. The monoisotopic (exact) mass is 272 g/mol. The number of aryl methyl sites for hydroxylation is 2. The summed E-state index contributed by atoms with van der Waals surface area (Å²) < 4.78 is 18.9. The van der Waals surface area contributed by atoms with Crippen molar-refractivity contribution in [1.29, 1.82) is 0 Å². The number of carbonyl (C=O) groups excluding carboxylic acids is 1. The number of rotatable bonds is 4. The molecule has 0 bridgehead atoms. The van der Waals surface area contributed by atoms with Gasteiger partial charge in [-0.3, -0.25) is 4.79 Å². The van der Waals surface area contributed by atoms with Crippen LogP contribution in [0, 0.1) is 19.7 Å². The van der Waals surface area contributed by atoms with E-state index in [1.807, 2.05) is 32.0 Å². The quantitative estimate of drug-likeness (QED) is 0.779. The molecule has 0 atom stereocenters. The Bertz CT molecular complexity index is 627. The molecule has 104 valence electrons. The highest BCUT2D eigenvalue weighted by Crippen LogP contribution is 2.23. The fourth-order valence-electron chi connectivity index (χ4n) is 2.13. The zero-order chi connectivity index (χ0) is 14.7. The van der Waals surface area contributed by atoms with E-state index >= 15 is 0 Å². The summed E-state index contributed by atoms with van der Waals surface area (Å²) in [7, 11) is 0. The number of Topliss-reactive ketones (excluding diaryl/α,β-unsaturated/α-hetero) is 1. The number of benzene rings is 2. The Morgan fingerprint density at radius 1 is 1.15 bits per heavy atom. The molecule has 3 heteroatoms. The molecule has 0 aliphatic heterocycles. The lowest BCUT2D eigenvalue weighted by Gasteiger charge is -2.13. The molecule has 0 fully saturated rings. The van der Waals surface area contributed by atoms with E-state index in [1.54, 1.807) is 0 Å². The van der Waals surface area contributed by atoms with Gasteiger partial charge in [-0.15, -0.1) is 0 Å². The van der Waals surface area contributed by atoms with Gasteiger partial charge >= 0.3 is 0 Å². The second-order valence-electron chi connectivity index (χ2n) is 4.86. The molecular formula is C17H17FO2. The molecule has 2 aromatic rings. The van der Waals surface area contributed by atoms with Gasteiger partial charge in [-0.25, -0.2) is 4.39 Å². The van der Waals surface area contributed by atoms with Gasteiger partial charge in [0.25, 0.3) is 0 Å². The molecule has 0 saturated carbocycles. The Morgan fingerprint density at radius 3 is 2.40 bits per heavy atom. The van der Waals surface area contributed by atoms with E-state index in [0.717, 1.165) is 16.7 Å². The second kappa shape index (κ2) is 5.87. The summed E-state index contributed by atoms with van der Waals surface area (Å²) in [6, 6.07) is 10.0. The number of carbonyl (C=O) groups is 1. The Kier molecular flexibility index (Phi) is 4.18. The summed E-state index contributed by atoms with van der Waals surface area (Å²) >= 11 is 0. The van der Waals surface area contributed by atoms with Crippen LogP contribution in [0.2, 0.25) is 0 Å². The van der Waals surface area contributed by atoms with Gasteiger partial charge in [0.1, 0.15) is 18.2 Å². The van der Waals surface area contributed by atoms with Gasteiger partial charge in [-0.1, -0.05) is 18.2 Å². The number of halogens is 1. The zero-order valence-electron chi connectivity index (χ0n) is 11.9. The Labute approximate surface area is 118 Å². The third kappa shape index (κ3) is 3.05. The highest BCUT2D eigenvalue weighted by Gasteiger charge is 2.11. The predicted octanol–water partition coefficient (Wildman–Crippen LogP) is 4.22. The van der Waals surface area contributed by atoms with Gasteiger partial charge in [-0.2, -0.15) is 0 Å². The van der Waals surface area contributed by atoms with Crippen LogP contribution in [0.5, 0.6) is 5.75 Å². The minimum atomic E-state index is -0.436. The molecule has 0 radical (unpaired) electrons. The Balaban J connectivity index is 2.25. The minimum Gasteiger partial charge on any atom is -0.488 e. The molecule has 0 aromatic heterocycles. The van der Waals surface area contributed by atoms with Crippen molar-refractivity contribution < 1.29 is 13.9 Å². The summed E-state index contributed by atoms with van der Waals surface area (Å²) in [6.07, 6.45) is 0. The van der Waals surface area contributed by atoms with Crippen molar-refractivity contribution in [1.82, 2.24) is 0 Å². The van der Waals surface area contributed by atoms with E-state index < -0.39 is 5.82 Å². The zero-order valence-corrected chi connectivity index (χ0v) is 11.9. The lowest BCUT2D eigenvalue weighted by molar-refractivity contribution is 0.101. The molecule has 0 saturated heterocycles. The van der Waals surface area contributed by atoms with E-state index in [2.05, 4.69) is 0 Å². The van der Waals surface area contributed by atoms with Crippen LogP contribution in [-0.4, -0.2) is 5.78 Å². The number of hydrogen-bond acceptors (Lipinski definition) is 2. The SMILES string of the molecule is CC(=O)c1cc(F)ccc1OCc1c(C)cccc1C. The average Bonchev–Trinajstić information content (AvgIpc) is 2.39.